The Morgan fingerprint density at radius 2 is 1.83 bits per heavy atom. The fourth-order valence-corrected chi connectivity index (χ4v) is 5.82. The molecule has 0 bridgehead atoms. The number of thiophene rings is 1. The van der Waals surface area contributed by atoms with E-state index in [0.29, 0.717) is 19.5 Å². The SMILES string of the molecule is CCCCN(CC(=O)N1CCc2sccc2C1c1ccc(F)cc1)C(=O)C(CC)c1ccccc1. The van der Waals surface area contributed by atoms with Gasteiger partial charge in [0.25, 0.3) is 0 Å². The van der Waals surface area contributed by atoms with E-state index in [-0.39, 0.29) is 36.1 Å². The normalized spacial score (nSPS) is 16.0. The molecule has 35 heavy (non-hydrogen) atoms. The lowest BCUT2D eigenvalue weighted by atomic mass is 9.93. The molecule has 1 aromatic heterocycles. The average Bonchev–Trinajstić information content (AvgIpc) is 3.36. The van der Waals surface area contributed by atoms with Crippen LogP contribution < -0.4 is 0 Å². The molecule has 0 spiro atoms. The molecule has 4 rings (SSSR count). The van der Waals surface area contributed by atoms with Crippen molar-refractivity contribution in [1.29, 1.82) is 0 Å². The Bertz CT molecular complexity index is 1130. The minimum atomic E-state index is -0.296. The standard InChI is InChI=1S/C29H33FN2O2S/c1-3-5-17-31(29(34)24(4-2)21-9-7-6-8-10-21)20-27(33)32-18-15-26-25(16-19-35-26)28(32)22-11-13-23(30)14-12-22/h6-14,16,19,24,28H,3-5,15,17-18,20H2,1-2H3. The second-order valence-electron chi connectivity index (χ2n) is 9.08. The molecule has 4 nitrogen and oxygen atoms in total. The van der Waals surface area contributed by atoms with Gasteiger partial charge in [0.05, 0.1) is 18.5 Å². The summed E-state index contributed by atoms with van der Waals surface area (Å²) in [6.45, 7) is 5.30. The molecular formula is C29H33FN2O2S. The van der Waals surface area contributed by atoms with Gasteiger partial charge in [-0.15, -0.1) is 11.3 Å². The van der Waals surface area contributed by atoms with Crippen LogP contribution in [0, 0.1) is 5.82 Å². The van der Waals surface area contributed by atoms with Crippen LogP contribution in [-0.2, 0) is 16.0 Å². The molecule has 0 radical (unpaired) electrons. The summed E-state index contributed by atoms with van der Waals surface area (Å²) in [5.41, 5.74) is 2.98. The zero-order chi connectivity index (χ0) is 24.8. The Kier molecular flexibility index (Phi) is 8.34. The molecule has 1 aliphatic rings. The minimum Gasteiger partial charge on any atom is -0.333 e. The monoisotopic (exact) mass is 492 g/mol. The molecular weight excluding hydrogens is 459 g/mol. The van der Waals surface area contributed by atoms with Gasteiger partial charge in [-0.1, -0.05) is 62.7 Å². The molecule has 2 atom stereocenters. The highest BCUT2D eigenvalue weighted by atomic mass is 32.1. The first-order valence-electron chi connectivity index (χ1n) is 12.5. The Morgan fingerprint density at radius 1 is 1.09 bits per heavy atom. The number of carbonyl (C=O) groups is 2. The van der Waals surface area contributed by atoms with Crippen LogP contribution in [0.1, 0.15) is 66.6 Å². The van der Waals surface area contributed by atoms with Crippen LogP contribution in [0.3, 0.4) is 0 Å². The maximum atomic E-state index is 13.8. The van der Waals surface area contributed by atoms with Crippen molar-refractivity contribution in [2.75, 3.05) is 19.6 Å². The average molecular weight is 493 g/mol. The van der Waals surface area contributed by atoms with Gasteiger partial charge < -0.3 is 9.80 Å². The summed E-state index contributed by atoms with van der Waals surface area (Å²) in [4.78, 5) is 32.3. The van der Waals surface area contributed by atoms with Gasteiger partial charge in [0, 0.05) is 18.0 Å². The van der Waals surface area contributed by atoms with E-state index in [1.807, 2.05) is 42.2 Å². The van der Waals surface area contributed by atoms with Gasteiger partial charge in [-0.2, -0.15) is 0 Å². The van der Waals surface area contributed by atoms with Gasteiger partial charge in [-0.05, 0) is 59.5 Å². The number of fused-ring (bicyclic) bond motifs is 1. The summed E-state index contributed by atoms with van der Waals surface area (Å²) in [5.74, 6) is -0.620. The molecule has 2 aromatic carbocycles. The molecule has 0 fully saturated rings. The van der Waals surface area contributed by atoms with E-state index in [1.165, 1.54) is 17.0 Å². The number of nitrogens with zero attached hydrogens (tertiary/aromatic N) is 2. The van der Waals surface area contributed by atoms with Crippen LogP contribution >= 0.6 is 11.3 Å². The lowest BCUT2D eigenvalue weighted by Crippen LogP contribution is -2.48. The molecule has 0 N–H and O–H groups in total. The van der Waals surface area contributed by atoms with Crippen LogP contribution in [0.25, 0.3) is 0 Å². The van der Waals surface area contributed by atoms with Crippen molar-refractivity contribution in [3.05, 3.63) is 93.4 Å². The quantitative estimate of drug-likeness (QED) is 0.358. The van der Waals surface area contributed by atoms with Crippen LogP contribution in [0.15, 0.2) is 66.0 Å². The number of hydrogen-bond donors (Lipinski definition) is 0. The lowest BCUT2D eigenvalue weighted by molar-refractivity contribution is -0.142. The Morgan fingerprint density at radius 3 is 2.51 bits per heavy atom. The van der Waals surface area contributed by atoms with Crippen molar-refractivity contribution in [2.45, 2.75) is 51.5 Å². The first-order valence-corrected chi connectivity index (χ1v) is 13.4. The van der Waals surface area contributed by atoms with Crippen molar-refractivity contribution >= 4 is 23.2 Å². The summed E-state index contributed by atoms with van der Waals surface area (Å²) in [6, 6.07) is 18.0. The fraction of sp³-hybridized carbons (Fsp3) is 0.379. The summed E-state index contributed by atoms with van der Waals surface area (Å²) in [5, 5.41) is 2.05. The molecule has 3 aromatic rings. The van der Waals surface area contributed by atoms with Crippen LogP contribution in [0.4, 0.5) is 4.39 Å². The van der Waals surface area contributed by atoms with Gasteiger partial charge >= 0.3 is 0 Å². The third-order valence-corrected chi connectivity index (χ3v) is 7.80. The van der Waals surface area contributed by atoms with Crippen molar-refractivity contribution in [3.8, 4) is 0 Å². The van der Waals surface area contributed by atoms with E-state index in [9.17, 15) is 14.0 Å². The second-order valence-corrected chi connectivity index (χ2v) is 10.1. The lowest BCUT2D eigenvalue weighted by Gasteiger charge is -2.38. The minimum absolute atomic E-state index is 0.00654. The largest absolute Gasteiger partial charge is 0.333 e. The molecule has 2 heterocycles. The highest BCUT2D eigenvalue weighted by molar-refractivity contribution is 7.10. The zero-order valence-electron chi connectivity index (χ0n) is 20.5. The van der Waals surface area contributed by atoms with E-state index < -0.39 is 0 Å². The number of hydrogen-bond acceptors (Lipinski definition) is 3. The smallest absolute Gasteiger partial charge is 0.242 e. The first-order chi connectivity index (χ1) is 17.0. The highest BCUT2D eigenvalue weighted by Crippen LogP contribution is 2.38. The summed E-state index contributed by atoms with van der Waals surface area (Å²) < 4.78 is 13.7. The van der Waals surface area contributed by atoms with Crippen molar-refractivity contribution in [2.24, 2.45) is 0 Å². The van der Waals surface area contributed by atoms with Crippen LogP contribution in [0.2, 0.25) is 0 Å². The summed E-state index contributed by atoms with van der Waals surface area (Å²) in [6.07, 6.45) is 3.27. The van der Waals surface area contributed by atoms with Gasteiger partial charge in [0.15, 0.2) is 0 Å². The molecule has 2 unspecified atom stereocenters. The topological polar surface area (TPSA) is 40.6 Å². The van der Waals surface area contributed by atoms with E-state index in [2.05, 4.69) is 18.4 Å². The Labute approximate surface area is 211 Å². The number of amides is 2. The molecule has 6 heteroatoms. The number of rotatable bonds is 9. The number of unbranched alkanes of at least 4 members (excludes halogenated alkanes) is 1. The number of halogens is 1. The van der Waals surface area contributed by atoms with Crippen molar-refractivity contribution in [3.63, 3.8) is 0 Å². The predicted octanol–water partition coefficient (Wildman–Crippen LogP) is 6.18. The molecule has 0 saturated carbocycles. The summed E-state index contributed by atoms with van der Waals surface area (Å²) in [7, 11) is 0. The third kappa shape index (κ3) is 5.64. The zero-order valence-corrected chi connectivity index (χ0v) is 21.3. The number of benzene rings is 2. The fourth-order valence-electron chi connectivity index (χ4n) is 4.92. The van der Waals surface area contributed by atoms with Crippen LogP contribution in [0.5, 0.6) is 0 Å². The van der Waals surface area contributed by atoms with Crippen molar-refractivity contribution < 1.29 is 14.0 Å². The Hall–Kier alpha value is -2.99. The second kappa shape index (κ2) is 11.6. The molecule has 0 aliphatic carbocycles. The van der Waals surface area contributed by atoms with Gasteiger partial charge in [-0.25, -0.2) is 4.39 Å². The molecule has 2 amide bonds. The maximum Gasteiger partial charge on any atom is 0.242 e. The first kappa shape index (κ1) is 25.1. The van der Waals surface area contributed by atoms with Gasteiger partial charge in [-0.3, -0.25) is 9.59 Å². The van der Waals surface area contributed by atoms with E-state index in [4.69, 9.17) is 0 Å². The van der Waals surface area contributed by atoms with Crippen LogP contribution in [-0.4, -0.2) is 41.2 Å². The van der Waals surface area contributed by atoms with Crippen molar-refractivity contribution in [1.82, 2.24) is 9.80 Å². The van der Waals surface area contributed by atoms with E-state index in [0.717, 1.165) is 36.0 Å². The molecule has 184 valence electrons. The van der Waals surface area contributed by atoms with Gasteiger partial charge in [0.1, 0.15) is 5.82 Å². The summed E-state index contributed by atoms with van der Waals surface area (Å²) >= 11 is 1.70. The maximum absolute atomic E-state index is 13.8. The molecule has 0 saturated heterocycles. The van der Waals surface area contributed by atoms with Gasteiger partial charge in [0.2, 0.25) is 11.8 Å². The highest BCUT2D eigenvalue weighted by Gasteiger charge is 2.35. The predicted molar refractivity (Wildman–Crippen MR) is 139 cm³/mol. The van der Waals surface area contributed by atoms with E-state index >= 15 is 0 Å². The number of carbonyl (C=O) groups excluding carboxylic acids is 2. The van der Waals surface area contributed by atoms with E-state index in [1.54, 1.807) is 28.4 Å². The Balaban J connectivity index is 1.60. The third-order valence-electron chi connectivity index (χ3n) is 6.80. The molecule has 1 aliphatic heterocycles.